The zero-order valence-electron chi connectivity index (χ0n) is 15.9. The van der Waals surface area contributed by atoms with Gasteiger partial charge in [-0.3, -0.25) is 24.0 Å². The third-order valence-corrected chi connectivity index (χ3v) is 3.68. The van der Waals surface area contributed by atoms with Gasteiger partial charge in [-0.15, -0.1) is 0 Å². The Bertz CT molecular complexity index is 671. The second-order valence-corrected chi connectivity index (χ2v) is 6.17. The van der Waals surface area contributed by atoms with Crippen LogP contribution in [0.2, 0.25) is 0 Å². The third kappa shape index (κ3) is 9.76. The summed E-state index contributed by atoms with van der Waals surface area (Å²) in [5.41, 5.74) is 15.2. The van der Waals surface area contributed by atoms with Crippen molar-refractivity contribution in [2.75, 3.05) is 13.2 Å². The van der Waals surface area contributed by atoms with E-state index in [1.165, 1.54) is 0 Å². The summed E-state index contributed by atoms with van der Waals surface area (Å²) in [7, 11) is 0. The number of hydrogen-bond acceptors (Lipinski definition) is 9. The first-order chi connectivity index (χ1) is 13.9. The van der Waals surface area contributed by atoms with Crippen molar-refractivity contribution in [3.8, 4) is 0 Å². The van der Waals surface area contributed by atoms with E-state index in [9.17, 15) is 39.0 Å². The summed E-state index contributed by atoms with van der Waals surface area (Å²) in [5.74, 6) is -6.32. The van der Waals surface area contributed by atoms with Gasteiger partial charge in [0.2, 0.25) is 29.5 Å². The van der Waals surface area contributed by atoms with Crippen LogP contribution < -0.4 is 33.2 Å². The normalized spacial score (nSPS) is 14.5. The molecule has 12 N–H and O–H groups in total. The van der Waals surface area contributed by atoms with Crippen LogP contribution in [0.4, 0.5) is 0 Å². The molecule has 0 rings (SSSR count). The summed E-state index contributed by atoms with van der Waals surface area (Å²) in [6, 6.07) is -6.14. The predicted molar refractivity (Wildman–Crippen MR) is 97.8 cm³/mol. The van der Waals surface area contributed by atoms with Crippen molar-refractivity contribution in [2.24, 2.45) is 17.2 Å². The molecular formula is C15H26N6O9. The van der Waals surface area contributed by atoms with Gasteiger partial charge in [-0.25, -0.2) is 4.79 Å². The number of aliphatic hydroxyl groups excluding tert-OH is 2. The van der Waals surface area contributed by atoms with E-state index >= 15 is 0 Å². The third-order valence-electron chi connectivity index (χ3n) is 3.68. The molecule has 0 fully saturated rings. The fraction of sp³-hybridized carbons (Fsp3) is 0.600. The first-order valence-electron chi connectivity index (χ1n) is 8.60. The van der Waals surface area contributed by atoms with E-state index < -0.39 is 79.3 Å². The maximum atomic E-state index is 12.2. The van der Waals surface area contributed by atoms with Gasteiger partial charge in [-0.2, -0.15) is 0 Å². The summed E-state index contributed by atoms with van der Waals surface area (Å²) >= 11 is 0. The van der Waals surface area contributed by atoms with Crippen molar-refractivity contribution in [1.29, 1.82) is 0 Å². The Morgan fingerprint density at radius 3 is 1.53 bits per heavy atom. The Morgan fingerprint density at radius 2 is 1.17 bits per heavy atom. The molecule has 15 heteroatoms. The molecule has 30 heavy (non-hydrogen) atoms. The zero-order valence-corrected chi connectivity index (χ0v) is 15.9. The lowest BCUT2D eigenvalue weighted by Crippen LogP contribution is -2.59. The highest BCUT2D eigenvalue weighted by molar-refractivity contribution is 5.95. The molecule has 0 heterocycles. The molecule has 4 unspecified atom stereocenters. The monoisotopic (exact) mass is 434 g/mol. The van der Waals surface area contributed by atoms with Crippen LogP contribution in [0.25, 0.3) is 0 Å². The quantitative estimate of drug-likeness (QED) is 0.125. The largest absolute Gasteiger partial charge is 0.480 e. The van der Waals surface area contributed by atoms with Crippen LogP contribution in [0.15, 0.2) is 0 Å². The molecule has 0 radical (unpaired) electrons. The smallest absolute Gasteiger partial charge is 0.326 e. The molecule has 0 saturated heterocycles. The molecule has 0 bridgehead atoms. The highest BCUT2D eigenvalue weighted by Gasteiger charge is 2.30. The van der Waals surface area contributed by atoms with Crippen molar-refractivity contribution in [3.63, 3.8) is 0 Å². The zero-order chi connectivity index (χ0) is 23.4. The van der Waals surface area contributed by atoms with Crippen LogP contribution in [-0.4, -0.2) is 88.2 Å². The molecule has 15 nitrogen and oxygen atoms in total. The number of aliphatic hydroxyl groups is 2. The Balaban J connectivity index is 5.00. The minimum absolute atomic E-state index is 0.324. The number of nitrogens with one attached hydrogen (secondary N) is 3. The van der Waals surface area contributed by atoms with Gasteiger partial charge < -0.3 is 48.5 Å². The molecule has 0 aromatic rings. The van der Waals surface area contributed by atoms with Crippen molar-refractivity contribution in [3.05, 3.63) is 0 Å². The summed E-state index contributed by atoms with van der Waals surface area (Å²) in [6.07, 6.45) is -1.18. The number of carbonyl (C=O) groups excluding carboxylic acids is 5. The first kappa shape index (κ1) is 26.7. The maximum Gasteiger partial charge on any atom is 0.326 e. The van der Waals surface area contributed by atoms with Gasteiger partial charge >= 0.3 is 5.97 Å². The lowest BCUT2D eigenvalue weighted by molar-refractivity contribution is -0.143. The van der Waals surface area contributed by atoms with E-state index in [-0.39, 0.29) is 12.8 Å². The second-order valence-electron chi connectivity index (χ2n) is 6.17. The fourth-order valence-corrected chi connectivity index (χ4v) is 2.07. The number of nitrogens with two attached hydrogens (primary N) is 3. The Hall–Kier alpha value is -3.30. The molecule has 0 aliphatic carbocycles. The number of aliphatic carboxylic acids is 1. The Labute approximate surface area is 170 Å². The maximum absolute atomic E-state index is 12.2. The van der Waals surface area contributed by atoms with Crippen LogP contribution in [0.5, 0.6) is 0 Å². The van der Waals surface area contributed by atoms with Gasteiger partial charge in [0, 0.05) is 6.42 Å². The summed E-state index contributed by atoms with van der Waals surface area (Å²) in [4.78, 5) is 68.9. The van der Waals surface area contributed by atoms with Crippen molar-refractivity contribution < 1.29 is 44.1 Å². The number of primary amides is 2. The molecule has 0 aliphatic rings. The number of carboxylic acid groups (broad SMARTS) is 1. The lowest BCUT2D eigenvalue weighted by Gasteiger charge is -2.23. The average Bonchev–Trinajstić information content (AvgIpc) is 2.65. The highest BCUT2D eigenvalue weighted by atomic mass is 16.4. The predicted octanol–water partition coefficient (Wildman–Crippen LogP) is -6.02. The summed E-state index contributed by atoms with van der Waals surface area (Å²) in [6.45, 7) is -1.87. The van der Waals surface area contributed by atoms with Gasteiger partial charge in [0.25, 0.3) is 0 Å². The number of hydrogen-bond donors (Lipinski definition) is 9. The van der Waals surface area contributed by atoms with Crippen LogP contribution in [0.3, 0.4) is 0 Å². The van der Waals surface area contributed by atoms with Crippen molar-refractivity contribution in [2.45, 2.75) is 43.4 Å². The summed E-state index contributed by atoms with van der Waals surface area (Å²) < 4.78 is 0. The molecule has 0 aromatic carbocycles. The molecule has 0 spiro atoms. The van der Waals surface area contributed by atoms with Crippen LogP contribution in [0, 0.1) is 0 Å². The molecule has 0 saturated carbocycles. The topological polar surface area (TPSA) is 277 Å². The summed E-state index contributed by atoms with van der Waals surface area (Å²) in [5, 5.41) is 33.8. The van der Waals surface area contributed by atoms with Crippen molar-refractivity contribution >= 4 is 35.5 Å². The molecule has 5 amide bonds. The second kappa shape index (κ2) is 13.0. The minimum Gasteiger partial charge on any atom is -0.480 e. The van der Waals surface area contributed by atoms with Crippen LogP contribution >= 0.6 is 0 Å². The fourth-order valence-electron chi connectivity index (χ4n) is 2.07. The number of carboxylic acids is 1. The van der Waals surface area contributed by atoms with Crippen LogP contribution in [-0.2, 0) is 28.8 Å². The van der Waals surface area contributed by atoms with Crippen LogP contribution in [0.1, 0.15) is 19.3 Å². The van der Waals surface area contributed by atoms with E-state index in [4.69, 9.17) is 22.3 Å². The molecular weight excluding hydrogens is 408 g/mol. The minimum atomic E-state index is -1.64. The molecule has 4 atom stereocenters. The highest BCUT2D eigenvalue weighted by Crippen LogP contribution is 1.99. The standard InChI is InChI=1S/C15H26N6O9/c16-6(3-11(18)25)12(26)20-8(4-22)14(28)21-9(5-23)13(27)19-7(15(29)30)1-2-10(17)24/h6-9,22-23H,1-5,16H2,(H2,17,24)(H2,18,25)(H,19,27)(H,20,26)(H,21,28)(H,29,30). The Kier molecular flexibility index (Phi) is 11.6. The molecule has 0 aromatic heterocycles. The van der Waals surface area contributed by atoms with Crippen molar-refractivity contribution in [1.82, 2.24) is 16.0 Å². The van der Waals surface area contributed by atoms with E-state index in [0.29, 0.717) is 0 Å². The van der Waals surface area contributed by atoms with Gasteiger partial charge in [-0.05, 0) is 6.42 Å². The SMILES string of the molecule is NC(=O)CCC(NC(=O)C(CO)NC(=O)C(CO)NC(=O)C(N)CC(N)=O)C(=O)O. The van der Waals surface area contributed by atoms with E-state index in [2.05, 4.69) is 0 Å². The van der Waals surface area contributed by atoms with E-state index in [1.54, 1.807) is 0 Å². The first-order valence-corrected chi connectivity index (χ1v) is 8.60. The van der Waals surface area contributed by atoms with Gasteiger partial charge in [-0.1, -0.05) is 0 Å². The lowest BCUT2D eigenvalue weighted by atomic mass is 10.1. The van der Waals surface area contributed by atoms with E-state index in [1.807, 2.05) is 16.0 Å². The van der Waals surface area contributed by atoms with Gasteiger partial charge in [0.05, 0.1) is 25.7 Å². The van der Waals surface area contributed by atoms with E-state index in [0.717, 1.165) is 0 Å². The van der Waals surface area contributed by atoms with Gasteiger partial charge in [0.1, 0.15) is 18.1 Å². The Morgan fingerprint density at radius 1 is 0.733 bits per heavy atom. The van der Waals surface area contributed by atoms with Gasteiger partial charge in [0.15, 0.2) is 0 Å². The molecule has 170 valence electrons. The number of amides is 5. The number of carbonyl (C=O) groups is 6. The molecule has 0 aliphatic heterocycles. The average molecular weight is 434 g/mol. The number of rotatable bonds is 14.